The Morgan fingerprint density at radius 1 is 1.50 bits per heavy atom. The summed E-state index contributed by atoms with van der Waals surface area (Å²) in [6, 6.07) is 0.246. The van der Waals surface area contributed by atoms with Gasteiger partial charge in [-0.05, 0) is 19.9 Å². The van der Waals surface area contributed by atoms with Crippen molar-refractivity contribution < 1.29 is 0 Å². The van der Waals surface area contributed by atoms with Crippen LogP contribution >= 0.6 is 11.3 Å². The summed E-state index contributed by atoms with van der Waals surface area (Å²) >= 11 is 1.73. The molecule has 0 amide bonds. The van der Waals surface area contributed by atoms with E-state index < -0.39 is 0 Å². The van der Waals surface area contributed by atoms with Gasteiger partial charge >= 0.3 is 0 Å². The number of aryl methyl sites for hydroxylation is 2. The first kappa shape index (κ1) is 13.2. The van der Waals surface area contributed by atoms with E-state index in [0.717, 1.165) is 30.9 Å². The molecule has 2 aromatic rings. The molecule has 0 spiro atoms. The lowest BCUT2D eigenvalue weighted by molar-refractivity contribution is 0.490. The van der Waals surface area contributed by atoms with Crippen LogP contribution in [0.3, 0.4) is 0 Å². The highest BCUT2D eigenvalue weighted by Gasteiger charge is 2.17. The second-order valence-corrected chi connectivity index (χ2v) is 5.43. The summed E-state index contributed by atoms with van der Waals surface area (Å²) in [5, 5.41) is 6.83. The van der Waals surface area contributed by atoms with Crippen molar-refractivity contribution in [3.05, 3.63) is 34.3 Å². The van der Waals surface area contributed by atoms with Crippen molar-refractivity contribution in [1.29, 1.82) is 0 Å². The molecule has 1 N–H and O–H groups in total. The third-order valence-corrected chi connectivity index (χ3v) is 3.85. The summed E-state index contributed by atoms with van der Waals surface area (Å²) in [6.45, 7) is 5.22. The number of aromatic nitrogens is 3. The molecule has 0 bridgehead atoms. The molecule has 2 heterocycles. The molecule has 0 aliphatic rings. The van der Waals surface area contributed by atoms with Gasteiger partial charge in [0.1, 0.15) is 5.82 Å². The van der Waals surface area contributed by atoms with Crippen molar-refractivity contribution in [2.24, 2.45) is 7.05 Å². The molecular formula is C13H20N4S. The Bertz CT molecular complexity index is 489. The van der Waals surface area contributed by atoms with Crippen molar-refractivity contribution in [3.8, 4) is 0 Å². The zero-order valence-corrected chi connectivity index (χ0v) is 12.0. The number of rotatable bonds is 6. The first-order valence-electron chi connectivity index (χ1n) is 6.32. The van der Waals surface area contributed by atoms with E-state index in [-0.39, 0.29) is 6.04 Å². The highest BCUT2D eigenvalue weighted by atomic mass is 32.1. The first-order valence-corrected chi connectivity index (χ1v) is 7.20. The second kappa shape index (κ2) is 6.11. The SMILES string of the molecule is CCCNC(Cc1nc(C)cs1)c1nccn1C. The molecule has 2 rings (SSSR count). The number of hydrogen-bond acceptors (Lipinski definition) is 4. The van der Waals surface area contributed by atoms with Crippen LogP contribution in [0.25, 0.3) is 0 Å². The standard InChI is InChI=1S/C13H20N4S/c1-4-5-14-11(13-15-6-7-17(13)3)8-12-16-10(2)9-18-12/h6-7,9,11,14H,4-5,8H2,1-3H3. The Kier molecular flexibility index (Phi) is 4.49. The molecule has 0 aromatic carbocycles. The smallest absolute Gasteiger partial charge is 0.126 e. The van der Waals surface area contributed by atoms with Crippen molar-refractivity contribution in [3.63, 3.8) is 0 Å². The summed E-state index contributed by atoms with van der Waals surface area (Å²) < 4.78 is 2.08. The summed E-state index contributed by atoms with van der Waals surface area (Å²) in [5.41, 5.74) is 1.10. The van der Waals surface area contributed by atoms with Gasteiger partial charge in [0.2, 0.25) is 0 Å². The van der Waals surface area contributed by atoms with Crippen LogP contribution in [0.1, 0.15) is 35.9 Å². The first-order chi connectivity index (χ1) is 8.70. The normalized spacial score (nSPS) is 12.8. The Labute approximate surface area is 112 Å². The molecular weight excluding hydrogens is 244 g/mol. The van der Waals surface area contributed by atoms with Gasteiger partial charge in [-0.1, -0.05) is 6.92 Å². The van der Waals surface area contributed by atoms with Gasteiger partial charge in [-0.3, -0.25) is 0 Å². The third kappa shape index (κ3) is 3.17. The number of nitrogens with zero attached hydrogens (tertiary/aromatic N) is 3. The summed E-state index contributed by atoms with van der Waals surface area (Å²) in [5.74, 6) is 1.08. The second-order valence-electron chi connectivity index (χ2n) is 4.49. The maximum Gasteiger partial charge on any atom is 0.126 e. The highest BCUT2D eigenvalue weighted by molar-refractivity contribution is 7.09. The van der Waals surface area contributed by atoms with E-state index in [1.165, 1.54) is 5.01 Å². The Morgan fingerprint density at radius 2 is 2.33 bits per heavy atom. The zero-order valence-electron chi connectivity index (χ0n) is 11.2. The third-order valence-electron chi connectivity index (χ3n) is 2.86. The monoisotopic (exact) mass is 264 g/mol. The molecule has 18 heavy (non-hydrogen) atoms. The summed E-state index contributed by atoms with van der Waals surface area (Å²) in [7, 11) is 2.04. The van der Waals surface area contributed by atoms with E-state index >= 15 is 0 Å². The van der Waals surface area contributed by atoms with Gasteiger partial charge in [0, 0.05) is 36.9 Å². The van der Waals surface area contributed by atoms with Gasteiger partial charge in [-0.15, -0.1) is 11.3 Å². The van der Waals surface area contributed by atoms with E-state index in [1.54, 1.807) is 11.3 Å². The van der Waals surface area contributed by atoms with Crippen LogP contribution in [0.15, 0.2) is 17.8 Å². The minimum Gasteiger partial charge on any atom is -0.337 e. The molecule has 4 nitrogen and oxygen atoms in total. The summed E-state index contributed by atoms with van der Waals surface area (Å²) in [6.07, 6.45) is 5.87. The average molecular weight is 264 g/mol. The lowest BCUT2D eigenvalue weighted by Gasteiger charge is -2.17. The van der Waals surface area contributed by atoms with Crippen LogP contribution in [0.2, 0.25) is 0 Å². The van der Waals surface area contributed by atoms with Gasteiger partial charge in [0.15, 0.2) is 0 Å². The van der Waals surface area contributed by atoms with Gasteiger partial charge in [0.05, 0.1) is 11.0 Å². The molecule has 98 valence electrons. The van der Waals surface area contributed by atoms with Crippen molar-refractivity contribution in [2.45, 2.75) is 32.7 Å². The van der Waals surface area contributed by atoms with Crippen molar-refractivity contribution in [1.82, 2.24) is 19.9 Å². The average Bonchev–Trinajstić information content (AvgIpc) is 2.93. The number of nitrogens with one attached hydrogen (secondary N) is 1. The molecule has 2 aromatic heterocycles. The van der Waals surface area contributed by atoms with Crippen LogP contribution < -0.4 is 5.32 Å². The fourth-order valence-corrected chi connectivity index (χ4v) is 2.78. The Morgan fingerprint density at radius 3 is 2.89 bits per heavy atom. The zero-order chi connectivity index (χ0) is 13.0. The van der Waals surface area contributed by atoms with Crippen molar-refractivity contribution in [2.75, 3.05) is 6.54 Å². The van der Waals surface area contributed by atoms with Gasteiger partial charge < -0.3 is 9.88 Å². The number of thiazole rings is 1. The number of hydrogen-bond donors (Lipinski definition) is 1. The number of imidazole rings is 1. The van der Waals surface area contributed by atoms with E-state index in [0.29, 0.717) is 0 Å². The summed E-state index contributed by atoms with van der Waals surface area (Å²) in [4.78, 5) is 8.99. The van der Waals surface area contributed by atoms with E-state index in [4.69, 9.17) is 0 Å². The molecule has 0 radical (unpaired) electrons. The van der Waals surface area contributed by atoms with Crippen LogP contribution in [-0.2, 0) is 13.5 Å². The lowest BCUT2D eigenvalue weighted by Crippen LogP contribution is -2.26. The van der Waals surface area contributed by atoms with Gasteiger partial charge in [-0.2, -0.15) is 0 Å². The Hall–Kier alpha value is -1.20. The van der Waals surface area contributed by atoms with E-state index in [1.807, 2.05) is 26.4 Å². The highest BCUT2D eigenvalue weighted by Crippen LogP contribution is 2.19. The van der Waals surface area contributed by atoms with Crippen LogP contribution in [0, 0.1) is 6.92 Å². The van der Waals surface area contributed by atoms with Crippen LogP contribution in [0.4, 0.5) is 0 Å². The molecule has 5 heteroatoms. The van der Waals surface area contributed by atoms with E-state index in [9.17, 15) is 0 Å². The fourth-order valence-electron chi connectivity index (χ4n) is 1.96. The topological polar surface area (TPSA) is 42.7 Å². The van der Waals surface area contributed by atoms with E-state index in [2.05, 4.69) is 32.2 Å². The van der Waals surface area contributed by atoms with Gasteiger partial charge in [0.25, 0.3) is 0 Å². The fraction of sp³-hybridized carbons (Fsp3) is 0.538. The molecule has 1 atom stereocenters. The van der Waals surface area contributed by atoms with Crippen LogP contribution in [0.5, 0.6) is 0 Å². The molecule has 0 saturated carbocycles. The maximum absolute atomic E-state index is 4.54. The molecule has 0 aliphatic carbocycles. The molecule has 0 saturated heterocycles. The lowest BCUT2D eigenvalue weighted by atomic mass is 10.2. The minimum atomic E-state index is 0.246. The minimum absolute atomic E-state index is 0.246. The Balaban J connectivity index is 2.12. The largest absolute Gasteiger partial charge is 0.337 e. The quantitative estimate of drug-likeness (QED) is 0.871. The van der Waals surface area contributed by atoms with Gasteiger partial charge in [-0.25, -0.2) is 9.97 Å². The molecule has 0 fully saturated rings. The molecule has 1 unspecified atom stereocenters. The maximum atomic E-state index is 4.54. The predicted octanol–water partition coefficient (Wildman–Crippen LogP) is 2.47. The van der Waals surface area contributed by atoms with Crippen LogP contribution in [-0.4, -0.2) is 21.1 Å². The predicted molar refractivity (Wildman–Crippen MR) is 74.8 cm³/mol. The van der Waals surface area contributed by atoms with Crippen molar-refractivity contribution >= 4 is 11.3 Å². The molecule has 0 aliphatic heterocycles.